The van der Waals surface area contributed by atoms with E-state index in [1.165, 1.54) is 0 Å². The molecule has 0 saturated carbocycles. The van der Waals surface area contributed by atoms with E-state index in [2.05, 4.69) is 10.3 Å². The molecule has 1 amide bonds. The van der Waals surface area contributed by atoms with Crippen LogP contribution in [0.1, 0.15) is 60.4 Å². The number of ketones is 1. The third-order valence-electron chi connectivity index (χ3n) is 4.30. The van der Waals surface area contributed by atoms with E-state index in [4.69, 9.17) is 11.6 Å². The minimum Gasteiger partial charge on any atom is -0.358 e. The number of H-pyrrole nitrogens is 1. The molecule has 4 nitrogen and oxygen atoms in total. The molecule has 124 valence electrons. The number of hydrogen-bond donors (Lipinski definition) is 2. The first-order chi connectivity index (χ1) is 10.9. The molecule has 1 aliphatic heterocycles. The first kappa shape index (κ1) is 17.5. The summed E-state index contributed by atoms with van der Waals surface area (Å²) in [5.41, 5.74) is 5.99. The zero-order valence-electron chi connectivity index (χ0n) is 14.1. The van der Waals surface area contributed by atoms with Crippen LogP contribution in [0, 0.1) is 13.8 Å². The molecule has 0 bridgehead atoms. The van der Waals surface area contributed by atoms with E-state index in [0.29, 0.717) is 18.7 Å². The summed E-state index contributed by atoms with van der Waals surface area (Å²) in [6, 6.07) is 0. The maximum absolute atomic E-state index is 12.3. The van der Waals surface area contributed by atoms with Crippen molar-refractivity contribution in [3.63, 3.8) is 0 Å². The molecule has 0 aliphatic carbocycles. The molecule has 5 heteroatoms. The van der Waals surface area contributed by atoms with Crippen LogP contribution in [0.2, 0.25) is 0 Å². The van der Waals surface area contributed by atoms with Gasteiger partial charge in [-0.05, 0) is 50.8 Å². The normalized spacial score (nSPS) is 16.4. The second kappa shape index (κ2) is 7.18. The Hall–Kier alpha value is -1.81. The number of carbonyl (C=O) groups is 2. The van der Waals surface area contributed by atoms with Crippen LogP contribution in [-0.4, -0.2) is 22.6 Å². The van der Waals surface area contributed by atoms with Crippen molar-refractivity contribution in [1.29, 1.82) is 0 Å². The second-order valence-corrected chi connectivity index (χ2v) is 6.23. The van der Waals surface area contributed by atoms with E-state index in [1.807, 2.05) is 33.8 Å². The van der Waals surface area contributed by atoms with Crippen molar-refractivity contribution in [2.45, 2.75) is 47.0 Å². The topological polar surface area (TPSA) is 62.0 Å². The largest absolute Gasteiger partial charge is 0.358 e. The highest BCUT2D eigenvalue weighted by atomic mass is 35.5. The number of halogens is 1. The number of rotatable bonds is 6. The summed E-state index contributed by atoms with van der Waals surface area (Å²) in [7, 11) is 0. The number of carbonyl (C=O) groups excluding carboxylic acids is 2. The van der Waals surface area contributed by atoms with Gasteiger partial charge in [-0.1, -0.05) is 6.92 Å². The summed E-state index contributed by atoms with van der Waals surface area (Å²) in [6.07, 6.45) is 3.85. The van der Waals surface area contributed by atoms with Crippen molar-refractivity contribution in [1.82, 2.24) is 10.3 Å². The lowest BCUT2D eigenvalue weighted by Crippen LogP contribution is -2.15. The summed E-state index contributed by atoms with van der Waals surface area (Å²) < 4.78 is 0. The van der Waals surface area contributed by atoms with Crippen molar-refractivity contribution in [3.05, 3.63) is 39.4 Å². The Morgan fingerprint density at radius 2 is 1.96 bits per heavy atom. The van der Waals surface area contributed by atoms with Crippen LogP contribution in [-0.2, 0) is 4.79 Å². The monoisotopic (exact) mass is 334 g/mol. The highest BCUT2D eigenvalue weighted by molar-refractivity contribution is 6.18. The van der Waals surface area contributed by atoms with Crippen LogP contribution in [0.4, 0.5) is 0 Å². The van der Waals surface area contributed by atoms with Gasteiger partial charge in [0.2, 0.25) is 0 Å². The average Bonchev–Trinajstić information content (AvgIpc) is 2.93. The molecular weight excluding hydrogens is 312 g/mol. The third-order valence-corrected chi connectivity index (χ3v) is 4.57. The molecule has 23 heavy (non-hydrogen) atoms. The van der Waals surface area contributed by atoms with Crippen LogP contribution in [0.15, 0.2) is 16.8 Å². The SMILES string of the molecule is CCC1=C(C)C(=O)N/C1=C\c1[nH]c(C)c(C(=O)CCCCl)c1C. The van der Waals surface area contributed by atoms with Gasteiger partial charge in [0.25, 0.3) is 5.91 Å². The lowest BCUT2D eigenvalue weighted by Gasteiger charge is -2.04. The van der Waals surface area contributed by atoms with Gasteiger partial charge in [0.1, 0.15) is 0 Å². The molecule has 0 atom stereocenters. The van der Waals surface area contributed by atoms with Crippen molar-refractivity contribution in [2.75, 3.05) is 5.88 Å². The van der Waals surface area contributed by atoms with Crippen molar-refractivity contribution < 1.29 is 9.59 Å². The fourth-order valence-corrected chi connectivity index (χ4v) is 3.18. The molecule has 1 aromatic rings. The van der Waals surface area contributed by atoms with Crippen LogP contribution < -0.4 is 5.32 Å². The van der Waals surface area contributed by atoms with E-state index in [0.717, 1.165) is 45.8 Å². The molecule has 2 heterocycles. The van der Waals surface area contributed by atoms with E-state index in [9.17, 15) is 9.59 Å². The Labute approximate surface area is 142 Å². The number of allylic oxidation sites excluding steroid dienone is 1. The molecule has 0 saturated heterocycles. The summed E-state index contributed by atoms with van der Waals surface area (Å²) in [6.45, 7) is 7.70. The van der Waals surface area contributed by atoms with Crippen LogP contribution in [0.3, 0.4) is 0 Å². The summed E-state index contributed by atoms with van der Waals surface area (Å²) >= 11 is 5.68. The van der Waals surface area contributed by atoms with Crippen LogP contribution in [0.5, 0.6) is 0 Å². The maximum Gasteiger partial charge on any atom is 0.251 e. The van der Waals surface area contributed by atoms with Crippen molar-refractivity contribution in [3.8, 4) is 0 Å². The van der Waals surface area contributed by atoms with Gasteiger partial charge < -0.3 is 10.3 Å². The summed E-state index contributed by atoms with van der Waals surface area (Å²) in [5.74, 6) is 0.549. The molecule has 2 rings (SSSR count). The number of hydrogen-bond acceptors (Lipinski definition) is 2. The Balaban J connectivity index is 2.38. The predicted octanol–water partition coefficient (Wildman–Crippen LogP) is 4.03. The minimum absolute atomic E-state index is 0.0487. The molecule has 1 aliphatic rings. The Morgan fingerprint density at radius 3 is 2.57 bits per heavy atom. The van der Waals surface area contributed by atoms with Crippen LogP contribution in [0.25, 0.3) is 6.08 Å². The molecule has 0 radical (unpaired) electrons. The zero-order valence-corrected chi connectivity index (χ0v) is 14.9. The van der Waals surface area contributed by atoms with Crippen molar-refractivity contribution >= 4 is 29.4 Å². The number of aromatic nitrogens is 1. The van der Waals surface area contributed by atoms with E-state index < -0.39 is 0 Å². The first-order valence-corrected chi connectivity index (χ1v) is 8.45. The Bertz CT molecular complexity index is 711. The van der Waals surface area contributed by atoms with E-state index in [1.54, 1.807) is 0 Å². The third kappa shape index (κ3) is 3.42. The highest BCUT2D eigenvalue weighted by Gasteiger charge is 2.23. The smallest absolute Gasteiger partial charge is 0.251 e. The number of aromatic amines is 1. The van der Waals surface area contributed by atoms with Crippen molar-refractivity contribution in [2.24, 2.45) is 0 Å². The number of Topliss-reactive ketones (excluding diaryl/α,β-unsaturated/α-hetero) is 1. The summed E-state index contributed by atoms with van der Waals surface area (Å²) in [4.78, 5) is 27.5. The van der Waals surface area contributed by atoms with Crippen LogP contribution >= 0.6 is 11.6 Å². The Kier molecular flexibility index (Phi) is 5.47. The molecular formula is C18H23ClN2O2. The second-order valence-electron chi connectivity index (χ2n) is 5.85. The van der Waals surface area contributed by atoms with Gasteiger partial charge in [0, 0.05) is 40.5 Å². The number of nitrogens with one attached hydrogen (secondary N) is 2. The Morgan fingerprint density at radius 1 is 1.26 bits per heavy atom. The van der Waals surface area contributed by atoms with E-state index >= 15 is 0 Å². The van der Waals surface area contributed by atoms with Gasteiger partial charge in [0.15, 0.2) is 5.78 Å². The van der Waals surface area contributed by atoms with Gasteiger partial charge in [-0.2, -0.15) is 0 Å². The van der Waals surface area contributed by atoms with Gasteiger partial charge in [-0.3, -0.25) is 9.59 Å². The lowest BCUT2D eigenvalue weighted by molar-refractivity contribution is -0.116. The van der Waals surface area contributed by atoms with Gasteiger partial charge >= 0.3 is 0 Å². The quantitative estimate of drug-likeness (QED) is 0.609. The summed E-state index contributed by atoms with van der Waals surface area (Å²) in [5, 5.41) is 2.90. The fraction of sp³-hybridized carbons (Fsp3) is 0.444. The molecule has 0 fully saturated rings. The molecule has 1 aromatic heterocycles. The lowest BCUT2D eigenvalue weighted by atomic mass is 10.0. The number of alkyl halides is 1. The standard InChI is InChI=1S/C18H23ClN2O2/c1-5-13-10(2)18(23)21-15(13)9-14-11(3)17(12(4)20-14)16(22)7-6-8-19/h9,20H,5-8H2,1-4H3,(H,21,23)/b15-9-. The number of aryl methyl sites for hydroxylation is 1. The predicted molar refractivity (Wildman–Crippen MR) is 93.7 cm³/mol. The minimum atomic E-state index is -0.0487. The zero-order chi connectivity index (χ0) is 17.1. The first-order valence-electron chi connectivity index (χ1n) is 7.92. The molecule has 0 spiro atoms. The van der Waals surface area contributed by atoms with Gasteiger partial charge in [-0.15, -0.1) is 11.6 Å². The highest BCUT2D eigenvalue weighted by Crippen LogP contribution is 2.28. The molecule has 2 N–H and O–H groups in total. The molecule has 0 aromatic carbocycles. The average molecular weight is 335 g/mol. The van der Waals surface area contributed by atoms with Gasteiger partial charge in [0.05, 0.1) is 0 Å². The fourth-order valence-electron chi connectivity index (χ4n) is 3.04. The number of amides is 1. The van der Waals surface area contributed by atoms with Gasteiger partial charge in [-0.25, -0.2) is 0 Å². The van der Waals surface area contributed by atoms with E-state index in [-0.39, 0.29) is 11.7 Å². The molecule has 0 unspecified atom stereocenters. The maximum atomic E-state index is 12.3.